The van der Waals surface area contributed by atoms with Crippen molar-refractivity contribution < 1.29 is 4.52 Å². The molecule has 2 aromatic rings. The van der Waals surface area contributed by atoms with Crippen LogP contribution in [0.5, 0.6) is 0 Å². The number of hydrogen-bond acceptors (Lipinski definition) is 4. The van der Waals surface area contributed by atoms with Crippen molar-refractivity contribution in [2.24, 2.45) is 5.41 Å². The third-order valence-corrected chi connectivity index (χ3v) is 4.78. The standard InChI is InChI=1S/C14H14BrN3O.ClH/c15-10-3-1-2-9(6-10)12-17-13(19-18-12)11-7-14(11)4-5-16-8-14;/h1-3,6,11,16H,4-5,7-8H2;1H. The van der Waals surface area contributed by atoms with Crippen LogP contribution in [0, 0.1) is 5.41 Å². The SMILES string of the molecule is Brc1cccc(-c2noc(C3CC34CCNC4)n2)c1.Cl. The number of nitrogens with one attached hydrogen (secondary N) is 1. The Morgan fingerprint density at radius 3 is 3.05 bits per heavy atom. The van der Waals surface area contributed by atoms with Gasteiger partial charge in [0.2, 0.25) is 11.7 Å². The third-order valence-electron chi connectivity index (χ3n) is 4.29. The van der Waals surface area contributed by atoms with E-state index in [0.717, 1.165) is 29.0 Å². The second-order valence-electron chi connectivity index (χ2n) is 5.51. The van der Waals surface area contributed by atoms with Crippen LogP contribution in [0.15, 0.2) is 33.3 Å². The Bertz CT molecular complexity index is 624. The van der Waals surface area contributed by atoms with Crippen molar-refractivity contribution in [3.05, 3.63) is 34.6 Å². The Morgan fingerprint density at radius 1 is 1.40 bits per heavy atom. The second kappa shape index (κ2) is 5.13. The van der Waals surface area contributed by atoms with Crippen molar-refractivity contribution in [3.8, 4) is 11.4 Å². The van der Waals surface area contributed by atoms with Gasteiger partial charge in [0.1, 0.15) is 0 Å². The van der Waals surface area contributed by atoms with Crippen LogP contribution in [0.25, 0.3) is 11.4 Å². The lowest BCUT2D eigenvalue weighted by Crippen LogP contribution is -2.10. The largest absolute Gasteiger partial charge is 0.339 e. The number of hydrogen-bond donors (Lipinski definition) is 1. The fraction of sp³-hybridized carbons (Fsp3) is 0.429. The highest BCUT2D eigenvalue weighted by Crippen LogP contribution is 2.62. The molecule has 20 heavy (non-hydrogen) atoms. The summed E-state index contributed by atoms with van der Waals surface area (Å²) in [6, 6.07) is 7.98. The maximum absolute atomic E-state index is 5.47. The minimum atomic E-state index is 0. The quantitative estimate of drug-likeness (QED) is 0.896. The van der Waals surface area contributed by atoms with Crippen molar-refractivity contribution >= 4 is 28.3 Å². The molecule has 1 saturated carbocycles. The van der Waals surface area contributed by atoms with Crippen LogP contribution < -0.4 is 5.32 Å². The second-order valence-corrected chi connectivity index (χ2v) is 6.43. The summed E-state index contributed by atoms with van der Waals surface area (Å²) < 4.78 is 6.49. The molecule has 0 bridgehead atoms. The van der Waals surface area contributed by atoms with Crippen LogP contribution in [0.2, 0.25) is 0 Å². The zero-order valence-electron chi connectivity index (χ0n) is 10.8. The third kappa shape index (κ3) is 2.28. The minimum Gasteiger partial charge on any atom is -0.339 e. The van der Waals surface area contributed by atoms with Gasteiger partial charge < -0.3 is 9.84 Å². The summed E-state index contributed by atoms with van der Waals surface area (Å²) in [6.07, 6.45) is 2.41. The molecule has 0 radical (unpaired) electrons. The van der Waals surface area contributed by atoms with Gasteiger partial charge in [-0.2, -0.15) is 4.98 Å². The molecule has 1 aliphatic heterocycles. The lowest BCUT2D eigenvalue weighted by atomic mass is 10.0. The summed E-state index contributed by atoms with van der Waals surface area (Å²) >= 11 is 3.46. The Kier molecular flexibility index (Phi) is 3.60. The van der Waals surface area contributed by atoms with Crippen molar-refractivity contribution in [2.75, 3.05) is 13.1 Å². The molecule has 1 aromatic carbocycles. The van der Waals surface area contributed by atoms with Crippen molar-refractivity contribution in [1.29, 1.82) is 0 Å². The average Bonchev–Trinajstić information content (AvgIpc) is 2.82. The Labute approximate surface area is 131 Å². The molecule has 106 valence electrons. The molecule has 2 aliphatic rings. The van der Waals surface area contributed by atoms with Crippen LogP contribution in [0.3, 0.4) is 0 Å². The Morgan fingerprint density at radius 2 is 2.30 bits per heavy atom. The summed E-state index contributed by atoms with van der Waals surface area (Å²) in [7, 11) is 0. The molecule has 2 atom stereocenters. The fourth-order valence-corrected chi connectivity index (χ4v) is 3.45. The number of benzene rings is 1. The normalized spacial score (nSPS) is 27.6. The van der Waals surface area contributed by atoms with Gasteiger partial charge in [-0.3, -0.25) is 0 Å². The molecule has 4 rings (SSSR count). The van der Waals surface area contributed by atoms with Gasteiger partial charge in [-0.25, -0.2) is 0 Å². The summed E-state index contributed by atoms with van der Waals surface area (Å²) in [5.41, 5.74) is 1.39. The van der Waals surface area contributed by atoms with Crippen LogP contribution in [0.1, 0.15) is 24.7 Å². The van der Waals surface area contributed by atoms with Crippen LogP contribution in [-0.4, -0.2) is 23.2 Å². The number of halogens is 2. The monoisotopic (exact) mass is 355 g/mol. The topological polar surface area (TPSA) is 51.0 Å². The molecule has 2 unspecified atom stereocenters. The molecule has 2 heterocycles. The van der Waals surface area contributed by atoms with E-state index in [-0.39, 0.29) is 12.4 Å². The van der Waals surface area contributed by atoms with Gasteiger partial charge in [-0.05, 0) is 36.9 Å². The van der Waals surface area contributed by atoms with Crippen LogP contribution >= 0.6 is 28.3 Å². The summed E-state index contributed by atoms with van der Waals surface area (Å²) in [6.45, 7) is 2.20. The first kappa shape index (κ1) is 14.0. The zero-order chi connectivity index (χ0) is 12.9. The lowest BCUT2D eigenvalue weighted by Gasteiger charge is -2.02. The molecule has 6 heteroatoms. The predicted molar refractivity (Wildman–Crippen MR) is 82.0 cm³/mol. The maximum Gasteiger partial charge on any atom is 0.230 e. The van der Waals surface area contributed by atoms with Gasteiger partial charge in [0, 0.05) is 22.5 Å². The molecule has 1 aliphatic carbocycles. The number of nitrogens with zero attached hydrogens (tertiary/aromatic N) is 2. The van der Waals surface area contributed by atoms with E-state index < -0.39 is 0 Å². The average molecular weight is 357 g/mol. The fourth-order valence-electron chi connectivity index (χ4n) is 3.05. The lowest BCUT2D eigenvalue weighted by molar-refractivity contribution is 0.364. The predicted octanol–water partition coefficient (Wildman–Crippen LogP) is 3.39. The number of aromatic nitrogens is 2. The van der Waals surface area contributed by atoms with Crippen LogP contribution in [-0.2, 0) is 0 Å². The van der Waals surface area contributed by atoms with E-state index >= 15 is 0 Å². The van der Waals surface area contributed by atoms with E-state index in [1.54, 1.807) is 0 Å². The molecule has 2 fully saturated rings. The summed E-state index contributed by atoms with van der Waals surface area (Å²) in [4.78, 5) is 4.58. The van der Waals surface area contributed by atoms with Crippen molar-refractivity contribution in [1.82, 2.24) is 15.5 Å². The highest BCUT2D eigenvalue weighted by molar-refractivity contribution is 9.10. The van der Waals surface area contributed by atoms with Crippen molar-refractivity contribution in [3.63, 3.8) is 0 Å². The minimum absolute atomic E-state index is 0. The van der Waals surface area contributed by atoms with E-state index in [0.29, 0.717) is 17.2 Å². The Hall–Kier alpha value is -0.910. The summed E-state index contributed by atoms with van der Waals surface area (Å²) in [5, 5.41) is 7.54. The van der Waals surface area contributed by atoms with Gasteiger partial charge in [0.15, 0.2) is 0 Å². The van der Waals surface area contributed by atoms with Crippen LogP contribution in [0.4, 0.5) is 0 Å². The zero-order valence-corrected chi connectivity index (χ0v) is 13.2. The molecular weight excluding hydrogens is 342 g/mol. The molecule has 0 amide bonds. The molecule has 1 aromatic heterocycles. The van der Waals surface area contributed by atoms with E-state index in [1.807, 2.05) is 24.3 Å². The molecule has 1 spiro atoms. The van der Waals surface area contributed by atoms with Gasteiger partial charge in [-0.1, -0.05) is 33.2 Å². The highest BCUT2D eigenvalue weighted by atomic mass is 79.9. The highest BCUT2D eigenvalue weighted by Gasteiger charge is 2.58. The molecular formula is C14H15BrClN3O. The van der Waals surface area contributed by atoms with Gasteiger partial charge in [-0.15, -0.1) is 12.4 Å². The molecule has 4 nitrogen and oxygen atoms in total. The van der Waals surface area contributed by atoms with Crippen molar-refractivity contribution in [2.45, 2.75) is 18.8 Å². The summed E-state index contributed by atoms with van der Waals surface area (Å²) in [5.74, 6) is 1.94. The Balaban J connectivity index is 0.00000121. The molecule has 1 saturated heterocycles. The van der Waals surface area contributed by atoms with E-state index in [2.05, 4.69) is 31.4 Å². The smallest absolute Gasteiger partial charge is 0.230 e. The van der Waals surface area contributed by atoms with Gasteiger partial charge in [0.05, 0.1) is 0 Å². The maximum atomic E-state index is 5.47. The first-order valence-corrected chi connectivity index (χ1v) is 7.36. The van der Waals surface area contributed by atoms with Gasteiger partial charge in [0.25, 0.3) is 0 Å². The van der Waals surface area contributed by atoms with E-state index in [9.17, 15) is 0 Å². The first-order chi connectivity index (χ1) is 9.27. The number of rotatable bonds is 2. The van der Waals surface area contributed by atoms with Gasteiger partial charge >= 0.3 is 0 Å². The first-order valence-electron chi connectivity index (χ1n) is 6.57. The molecule has 1 N–H and O–H groups in total. The van der Waals surface area contributed by atoms with E-state index in [1.165, 1.54) is 12.8 Å². The van der Waals surface area contributed by atoms with E-state index in [4.69, 9.17) is 4.52 Å².